The molecule has 0 bridgehead atoms. The summed E-state index contributed by atoms with van der Waals surface area (Å²) in [5.41, 5.74) is 6.47. The van der Waals surface area contributed by atoms with E-state index >= 15 is 0 Å². The molecule has 2 aromatic rings. The van der Waals surface area contributed by atoms with E-state index in [9.17, 15) is 0 Å². The third-order valence-corrected chi connectivity index (χ3v) is 2.10. The second-order valence-corrected chi connectivity index (χ2v) is 3.35. The summed E-state index contributed by atoms with van der Waals surface area (Å²) in [7, 11) is 0. The summed E-state index contributed by atoms with van der Waals surface area (Å²) in [4.78, 5) is 8.00. The van der Waals surface area contributed by atoms with Crippen molar-refractivity contribution in [2.45, 2.75) is 13.5 Å². The lowest BCUT2D eigenvalue weighted by atomic mass is 10.3. The molecule has 3 N–H and O–H groups in total. The predicted octanol–water partition coefficient (Wildman–Crippen LogP) is 0.0708. The first-order chi connectivity index (χ1) is 7.75. The first-order valence-corrected chi connectivity index (χ1v) is 4.93. The second-order valence-electron chi connectivity index (χ2n) is 3.35. The number of hydrogen-bond donors (Lipinski definition) is 2. The molecule has 0 aliphatic heterocycles. The van der Waals surface area contributed by atoms with E-state index in [1.165, 1.54) is 0 Å². The number of aromatic nitrogens is 5. The Kier molecular flexibility index (Phi) is 2.95. The molecule has 84 valence electrons. The Hall–Kier alpha value is -2.18. The van der Waals surface area contributed by atoms with E-state index in [1.54, 1.807) is 17.1 Å². The predicted molar refractivity (Wildman–Crippen MR) is 59.7 cm³/mol. The van der Waals surface area contributed by atoms with Gasteiger partial charge in [0.15, 0.2) is 0 Å². The average molecular weight is 219 g/mol. The molecule has 0 atom stereocenters. The molecule has 2 aromatic heterocycles. The van der Waals surface area contributed by atoms with Crippen LogP contribution in [0, 0.1) is 6.92 Å². The Bertz CT molecular complexity index is 451. The summed E-state index contributed by atoms with van der Waals surface area (Å²) >= 11 is 0. The molecule has 7 nitrogen and oxygen atoms in total. The molecule has 0 spiro atoms. The molecule has 0 aromatic carbocycles. The third-order valence-electron chi connectivity index (χ3n) is 2.10. The molecule has 2 heterocycles. The Balaban J connectivity index is 1.92. The number of nitrogens with one attached hydrogen (secondary N) is 1. The van der Waals surface area contributed by atoms with Gasteiger partial charge in [-0.25, -0.2) is 4.98 Å². The van der Waals surface area contributed by atoms with E-state index in [-0.39, 0.29) is 5.95 Å². The normalized spacial score (nSPS) is 10.3. The molecule has 16 heavy (non-hydrogen) atoms. The van der Waals surface area contributed by atoms with Gasteiger partial charge in [-0.15, -0.1) is 5.10 Å². The molecule has 0 saturated heterocycles. The van der Waals surface area contributed by atoms with Crippen molar-refractivity contribution < 1.29 is 0 Å². The van der Waals surface area contributed by atoms with Gasteiger partial charge < -0.3 is 11.1 Å². The minimum absolute atomic E-state index is 0.272. The van der Waals surface area contributed by atoms with Gasteiger partial charge in [0, 0.05) is 24.5 Å². The molecular formula is C9H13N7. The van der Waals surface area contributed by atoms with Gasteiger partial charge in [-0.2, -0.15) is 4.98 Å². The lowest BCUT2D eigenvalue weighted by Crippen LogP contribution is -2.13. The molecule has 0 unspecified atom stereocenters. The maximum absolute atomic E-state index is 5.50. The van der Waals surface area contributed by atoms with Gasteiger partial charge in [0.25, 0.3) is 0 Å². The largest absolute Gasteiger partial charge is 0.368 e. The molecule has 0 radical (unpaired) electrons. The minimum Gasteiger partial charge on any atom is -0.368 e. The van der Waals surface area contributed by atoms with Crippen molar-refractivity contribution in [3.05, 3.63) is 24.2 Å². The average Bonchev–Trinajstić information content (AvgIpc) is 2.76. The summed E-state index contributed by atoms with van der Waals surface area (Å²) in [6, 6.07) is 0. The Labute approximate surface area is 92.7 Å². The topological polar surface area (TPSA) is 94.5 Å². The van der Waals surface area contributed by atoms with Gasteiger partial charge in [0.1, 0.15) is 5.82 Å². The van der Waals surface area contributed by atoms with E-state index in [4.69, 9.17) is 5.73 Å². The number of aryl methyl sites for hydroxylation is 1. The Morgan fingerprint density at radius 1 is 1.50 bits per heavy atom. The number of anilines is 2. The molecule has 0 saturated carbocycles. The summed E-state index contributed by atoms with van der Waals surface area (Å²) in [6.07, 6.45) is 5.15. The number of hydrogen-bond acceptors (Lipinski definition) is 6. The van der Waals surface area contributed by atoms with Crippen molar-refractivity contribution >= 4 is 11.8 Å². The summed E-state index contributed by atoms with van der Waals surface area (Å²) in [5.74, 6) is 1.03. The van der Waals surface area contributed by atoms with Crippen LogP contribution in [0.3, 0.4) is 0 Å². The van der Waals surface area contributed by atoms with Crippen LogP contribution in [-0.4, -0.2) is 31.5 Å². The monoisotopic (exact) mass is 219 g/mol. The summed E-state index contributed by atoms with van der Waals surface area (Å²) in [6.45, 7) is 3.36. The maximum atomic E-state index is 5.50. The van der Waals surface area contributed by atoms with Crippen molar-refractivity contribution in [2.75, 3.05) is 17.6 Å². The van der Waals surface area contributed by atoms with Crippen LogP contribution in [0.25, 0.3) is 0 Å². The zero-order valence-electron chi connectivity index (χ0n) is 8.96. The highest BCUT2D eigenvalue weighted by Gasteiger charge is 2.00. The SMILES string of the molecule is Cc1cnc(N)nc1NCCn1ccnn1. The van der Waals surface area contributed by atoms with Crippen LogP contribution >= 0.6 is 0 Å². The van der Waals surface area contributed by atoms with Crippen LogP contribution in [-0.2, 0) is 6.54 Å². The highest BCUT2D eigenvalue weighted by Crippen LogP contribution is 2.09. The number of nitrogen functional groups attached to an aromatic ring is 1. The van der Waals surface area contributed by atoms with E-state index in [0.717, 1.165) is 17.9 Å². The van der Waals surface area contributed by atoms with E-state index in [0.29, 0.717) is 6.54 Å². The Morgan fingerprint density at radius 2 is 2.38 bits per heavy atom. The fourth-order valence-corrected chi connectivity index (χ4v) is 1.28. The molecule has 0 aliphatic rings. The van der Waals surface area contributed by atoms with Gasteiger partial charge in [-0.05, 0) is 6.92 Å². The number of nitrogens with two attached hydrogens (primary N) is 1. The van der Waals surface area contributed by atoms with Crippen LogP contribution in [0.15, 0.2) is 18.6 Å². The molecule has 2 rings (SSSR count). The van der Waals surface area contributed by atoms with Crippen molar-refractivity contribution in [3.8, 4) is 0 Å². The fraction of sp³-hybridized carbons (Fsp3) is 0.333. The molecular weight excluding hydrogens is 206 g/mol. The highest BCUT2D eigenvalue weighted by atomic mass is 15.4. The van der Waals surface area contributed by atoms with Crippen LogP contribution in [0.2, 0.25) is 0 Å². The van der Waals surface area contributed by atoms with E-state index < -0.39 is 0 Å². The smallest absolute Gasteiger partial charge is 0.221 e. The van der Waals surface area contributed by atoms with Gasteiger partial charge in [0.05, 0.1) is 12.7 Å². The maximum Gasteiger partial charge on any atom is 0.221 e. The number of nitrogens with zero attached hydrogens (tertiary/aromatic N) is 5. The lowest BCUT2D eigenvalue weighted by molar-refractivity contribution is 0.608. The van der Waals surface area contributed by atoms with E-state index in [2.05, 4.69) is 25.6 Å². The van der Waals surface area contributed by atoms with Crippen LogP contribution in [0.4, 0.5) is 11.8 Å². The van der Waals surface area contributed by atoms with Crippen molar-refractivity contribution in [1.29, 1.82) is 0 Å². The third kappa shape index (κ3) is 2.44. The van der Waals surface area contributed by atoms with E-state index in [1.807, 2.05) is 13.1 Å². The quantitative estimate of drug-likeness (QED) is 0.755. The Morgan fingerprint density at radius 3 is 3.12 bits per heavy atom. The van der Waals surface area contributed by atoms with Crippen molar-refractivity contribution in [1.82, 2.24) is 25.0 Å². The zero-order valence-corrected chi connectivity index (χ0v) is 8.96. The van der Waals surface area contributed by atoms with Gasteiger partial charge in [-0.3, -0.25) is 4.68 Å². The highest BCUT2D eigenvalue weighted by molar-refractivity contribution is 5.44. The molecule has 0 amide bonds. The number of rotatable bonds is 4. The minimum atomic E-state index is 0.272. The standard InChI is InChI=1S/C9H13N7/c1-7-6-12-9(10)14-8(7)11-2-4-16-5-3-13-15-16/h3,5-6H,2,4H2,1H3,(H3,10,11,12,14). The van der Waals surface area contributed by atoms with Crippen molar-refractivity contribution in [2.24, 2.45) is 0 Å². The molecule has 0 fully saturated rings. The molecule has 0 aliphatic carbocycles. The fourth-order valence-electron chi connectivity index (χ4n) is 1.28. The first kappa shape index (κ1) is 10.3. The van der Waals surface area contributed by atoms with Crippen molar-refractivity contribution in [3.63, 3.8) is 0 Å². The summed E-state index contributed by atoms with van der Waals surface area (Å²) < 4.78 is 1.74. The van der Waals surface area contributed by atoms with Gasteiger partial charge in [-0.1, -0.05) is 5.21 Å². The van der Waals surface area contributed by atoms with Crippen LogP contribution in [0.1, 0.15) is 5.56 Å². The second kappa shape index (κ2) is 4.56. The first-order valence-electron chi connectivity index (χ1n) is 4.93. The van der Waals surface area contributed by atoms with Crippen LogP contribution < -0.4 is 11.1 Å². The zero-order chi connectivity index (χ0) is 11.4. The van der Waals surface area contributed by atoms with Gasteiger partial charge >= 0.3 is 0 Å². The van der Waals surface area contributed by atoms with Gasteiger partial charge in [0.2, 0.25) is 5.95 Å². The lowest BCUT2D eigenvalue weighted by Gasteiger charge is -2.08. The molecule has 7 heteroatoms. The van der Waals surface area contributed by atoms with Crippen LogP contribution in [0.5, 0.6) is 0 Å². The summed E-state index contributed by atoms with van der Waals surface area (Å²) in [5, 5.41) is 10.7.